The summed E-state index contributed by atoms with van der Waals surface area (Å²) in [7, 11) is -2.07. The molecule has 3 N–H and O–H groups in total. The van der Waals surface area contributed by atoms with Crippen molar-refractivity contribution in [3.05, 3.63) is 65.4 Å². The Kier molecular flexibility index (Phi) is 8.15. The third-order valence-electron chi connectivity index (χ3n) is 6.76. The number of amides is 1. The van der Waals surface area contributed by atoms with E-state index >= 15 is 0 Å². The highest BCUT2D eigenvalue weighted by atomic mass is 32.2. The summed E-state index contributed by atoms with van der Waals surface area (Å²) in [5.74, 6) is -0.521. The highest BCUT2D eigenvalue weighted by Gasteiger charge is 2.29. The molecule has 2 heterocycles. The Hall–Kier alpha value is -3.02. The standard InChI is InChI=1S/C26H32F2N4O4S/c1-3-32-16-18-9-10-37(35,36)31(2)21-12-19(13-22(32)25(18)21)26(34)30-20(11-17-7-5-4-6-8-17)23(33)14-29-15-24(27)28/h4-8,12-13,16,20,23-24,29,33H,3,9-11,14-15H2,1-2H3,(H,30,34)/t20-,23+/m0/s1. The predicted molar refractivity (Wildman–Crippen MR) is 140 cm³/mol. The molecule has 0 spiro atoms. The molecule has 0 fully saturated rings. The molecule has 3 aromatic rings. The monoisotopic (exact) mass is 534 g/mol. The number of alkyl halides is 2. The molecule has 4 rings (SSSR count). The minimum absolute atomic E-state index is 0.0283. The lowest BCUT2D eigenvalue weighted by molar-refractivity contribution is 0.0807. The van der Waals surface area contributed by atoms with Gasteiger partial charge in [0.2, 0.25) is 10.0 Å². The van der Waals surface area contributed by atoms with E-state index in [9.17, 15) is 27.1 Å². The number of carbonyl (C=O) groups excluding carboxylic acids is 1. The number of nitrogens with one attached hydrogen (secondary N) is 2. The molecule has 1 aliphatic heterocycles. The van der Waals surface area contributed by atoms with Gasteiger partial charge in [-0.15, -0.1) is 0 Å². The lowest BCUT2D eigenvalue weighted by atomic mass is 10.00. The fourth-order valence-corrected chi connectivity index (χ4v) is 5.93. The minimum Gasteiger partial charge on any atom is -0.390 e. The Bertz CT molecular complexity index is 1360. The molecule has 1 aliphatic rings. The molecule has 8 nitrogen and oxygen atoms in total. The Morgan fingerprint density at radius 2 is 1.89 bits per heavy atom. The second-order valence-electron chi connectivity index (χ2n) is 9.25. The van der Waals surface area contributed by atoms with E-state index in [0.29, 0.717) is 18.7 Å². The highest BCUT2D eigenvalue weighted by Crippen LogP contribution is 2.36. The Labute approximate surface area is 215 Å². The number of aromatic nitrogens is 1. The summed E-state index contributed by atoms with van der Waals surface area (Å²) in [4.78, 5) is 13.5. The SMILES string of the molecule is CCn1cc2c3c(cc(C(=O)N[C@@H](Cc4ccccc4)[C@H](O)CNCC(F)F)cc31)N(C)S(=O)(=O)CC2. The zero-order valence-corrected chi connectivity index (χ0v) is 21.6. The van der Waals surface area contributed by atoms with Crippen molar-refractivity contribution in [2.24, 2.45) is 0 Å². The highest BCUT2D eigenvalue weighted by molar-refractivity contribution is 7.92. The molecule has 2 aromatic carbocycles. The fraction of sp³-hybridized carbons (Fsp3) is 0.423. The first kappa shape index (κ1) is 27.0. The average molecular weight is 535 g/mol. The summed E-state index contributed by atoms with van der Waals surface area (Å²) < 4.78 is 54.0. The number of anilines is 1. The maximum absolute atomic E-state index is 13.5. The first-order chi connectivity index (χ1) is 17.6. The van der Waals surface area contributed by atoms with Gasteiger partial charge < -0.3 is 20.3 Å². The van der Waals surface area contributed by atoms with Gasteiger partial charge in [0.15, 0.2) is 0 Å². The van der Waals surface area contributed by atoms with Gasteiger partial charge in [0.1, 0.15) is 0 Å². The van der Waals surface area contributed by atoms with E-state index < -0.39 is 41.0 Å². The number of hydrogen-bond acceptors (Lipinski definition) is 5. The van der Waals surface area contributed by atoms with Crippen LogP contribution >= 0.6 is 0 Å². The van der Waals surface area contributed by atoms with Crippen molar-refractivity contribution in [2.45, 2.75) is 44.9 Å². The van der Waals surface area contributed by atoms with Crippen LogP contribution in [0.5, 0.6) is 0 Å². The van der Waals surface area contributed by atoms with E-state index in [2.05, 4.69) is 10.6 Å². The van der Waals surface area contributed by atoms with E-state index in [4.69, 9.17) is 0 Å². The van der Waals surface area contributed by atoms with Crippen LogP contribution in [0.2, 0.25) is 0 Å². The van der Waals surface area contributed by atoms with Gasteiger partial charge in [-0.1, -0.05) is 30.3 Å². The van der Waals surface area contributed by atoms with E-state index in [1.54, 1.807) is 12.1 Å². The molecule has 0 aliphatic carbocycles. The van der Waals surface area contributed by atoms with Gasteiger partial charge >= 0.3 is 0 Å². The van der Waals surface area contributed by atoms with Gasteiger partial charge in [-0.2, -0.15) is 0 Å². The van der Waals surface area contributed by atoms with E-state index in [0.717, 1.165) is 22.0 Å². The van der Waals surface area contributed by atoms with Crippen molar-refractivity contribution < 1.29 is 27.1 Å². The number of aliphatic hydroxyl groups is 1. The van der Waals surface area contributed by atoms with Crippen LogP contribution in [0.15, 0.2) is 48.7 Å². The van der Waals surface area contributed by atoms with Crippen LogP contribution in [-0.2, 0) is 29.4 Å². The molecule has 0 unspecified atom stereocenters. The van der Waals surface area contributed by atoms with Crippen molar-refractivity contribution in [3.8, 4) is 0 Å². The first-order valence-electron chi connectivity index (χ1n) is 12.2. The van der Waals surface area contributed by atoms with E-state index in [1.807, 2.05) is 48.0 Å². The fourth-order valence-electron chi connectivity index (χ4n) is 4.73. The van der Waals surface area contributed by atoms with Gasteiger partial charge in [0, 0.05) is 37.3 Å². The molecule has 200 valence electrons. The van der Waals surface area contributed by atoms with Crippen molar-refractivity contribution in [1.29, 1.82) is 0 Å². The zero-order valence-electron chi connectivity index (χ0n) is 20.8. The molecular formula is C26H32F2N4O4S. The molecule has 37 heavy (non-hydrogen) atoms. The molecule has 11 heteroatoms. The molecule has 1 aromatic heterocycles. The van der Waals surface area contributed by atoms with Crippen molar-refractivity contribution >= 4 is 32.5 Å². The molecule has 0 bridgehead atoms. The summed E-state index contributed by atoms with van der Waals surface area (Å²) >= 11 is 0. The number of halogens is 2. The number of benzene rings is 2. The number of sulfonamides is 1. The van der Waals surface area contributed by atoms with E-state index in [-0.39, 0.29) is 24.3 Å². The average Bonchev–Trinajstić information content (AvgIpc) is 3.20. The molecule has 0 saturated carbocycles. The van der Waals surface area contributed by atoms with Gasteiger partial charge in [-0.05, 0) is 43.0 Å². The lowest BCUT2D eigenvalue weighted by Gasteiger charge is -2.25. The largest absolute Gasteiger partial charge is 0.390 e. The second kappa shape index (κ2) is 11.2. The van der Waals surface area contributed by atoms with Crippen LogP contribution in [0, 0.1) is 0 Å². The first-order valence-corrected chi connectivity index (χ1v) is 13.9. The van der Waals surface area contributed by atoms with Crippen molar-refractivity contribution in [3.63, 3.8) is 0 Å². The molecular weight excluding hydrogens is 502 g/mol. The second-order valence-corrected chi connectivity index (χ2v) is 11.4. The quantitative estimate of drug-likeness (QED) is 0.371. The number of rotatable bonds is 10. The third-order valence-corrected chi connectivity index (χ3v) is 8.51. The predicted octanol–water partition coefficient (Wildman–Crippen LogP) is 2.54. The van der Waals surface area contributed by atoms with Gasteiger partial charge in [0.05, 0.1) is 35.6 Å². The maximum atomic E-state index is 13.5. The molecule has 0 radical (unpaired) electrons. The normalized spacial score (nSPS) is 16.5. The number of carbonyl (C=O) groups is 1. The molecule has 1 amide bonds. The Morgan fingerprint density at radius 1 is 1.16 bits per heavy atom. The Morgan fingerprint density at radius 3 is 2.57 bits per heavy atom. The van der Waals surface area contributed by atoms with Gasteiger partial charge in [-0.3, -0.25) is 9.10 Å². The lowest BCUT2D eigenvalue weighted by Crippen LogP contribution is -2.49. The maximum Gasteiger partial charge on any atom is 0.251 e. The topological polar surface area (TPSA) is 104 Å². The Balaban J connectivity index is 1.67. The number of hydrogen-bond donors (Lipinski definition) is 3. The van der Waals surface area contributed by atoms with Crippen LogP contribution in [0.1, 0.15) is 28.4 Å². The van der Waals surface area contributed by atoms with Gasteiger partial charge in [0.25, 0.3) is 12.3 Å². The summed E-state index contributed by atoms with van der Waals surface area (Å²) in [6, 6.07) is 11.8. The zero-order chi connectivity index (χ0) is 26.7. The number of aryl methyl sites for hydroxylation is 2. The minimum atomic E-state index is -3.56. The van der Waals surface area contributed by atoms with Crippen LogP contribution in [0.25, 0.3) is 10.9 Å². The van der Waals surface area contributed by atoms with Gasteiger partial charge in [-0.25, -0.2) is 17.2 Å². The summed E-state index contributed by atoms with van der Waals surface area (Å²) in [5.41, 5.74) is 3.20. The smallest absolute Gasteiger partial charge is 0.251 e. The van der Waals surface area contributed by atoms with E-state index in [1.165, 1.54) is 11.4 Å². The summed E-state index contributed by atoms with van der Waals surface area (Å²) in [5, 5.41) is 17.0. The van der Waals surface area contributed by atoms with Crippen LogP contribution < -0.4 is 14.9 Å². The van der Waals surface area contributed by atoms with Crippen molar-refractivity contribution in [2.75, 3.05) is 30.2 Å². The third kappa shape index (κ3) is 5.94. The molecule has 0 saturated heterocycles. The van der Waals surface area contributed by atoms with Crippen LogP contribution in [-0.4, -0.2) is 68.5 Å². The van der Waals surface area contributed by atoms with Crippen molar-refractivity contribution in [1.82, 2.24) is 15.2 Å². The summed E-state index contributed by atoms with van der Waals surface area (Å²) in [6.07, 6.45) is -1.10. The summed E-state index contributed by atoms with van der Waals surface area (Å²) in [6.45, 7) is 1.92. The molecule has 2 atom stereocenters. The number of aliphatic hydroxyl groups excluding tert-OH is 1. The van der Waals surface area contributed by atoms with Crippen LogP contribution in [0.4, 0.5) is 14.5 Å². The number of nitrogens with zero attached hydrogens (tertiary/aromatic N) is 2. The van der Waals surface area contributed by atoms with Crippen LogP contribution in [0.3, 0.4) is 0 Å².